The molecule has 0 atom stereocenters. The van der Waals surface area contributed by atoms with Gasteiger partial charge < -0.3 is 15.3 Å². The summed E-state index contributed by atoms with van der Waals surface area (Å²) in [5.41, 5.74) is -1.55. The molecule has 33 heavy (non-hydrogen) atoms. The Morgan fingerprint density at radius 3 is 2.30 bits per heavy atom. The fourth-order valence-electron chi connectivity index (χ4n) is 5.28. The van der Waals surface area contributed by atoms with Crippen LogP contribution in [-0.4, -0.2) is 50.8 Å². The molecule has 1 saturated heterocycles. The number of hydrogen-bond donors (Lipinski definition) is 2. The maximum Gasteiger partial charge on any atom is 0.419 e. The van der Waals surface area contributed by atoms with E-state index < -0.39 is 34.9 Å². The lowest BCUT2D eigenvalue weighted by atomic mass is 10.0. The highest BCUT2D eigenvalue weighted by molar-refractivity contribution is 5.98. The van der Waals surface area contributed by atoms with E-state index in [0.717, 1.165) is 28.2 Å². The molecule has 0 radical (unpaired) electrons. The largest absolute Gasteiger partial charge is 0.492 e. The minimum atomic E-state index is -4.67. The predicted molar refractivity (Wildman–Crippen MR) is 113 cm³/mol. The molecule has 4 aliphatic rings. The highest BCUT2D eigenvalue weighted by Gasteiger charge is 2.38. The van der Waals surface area contributed by atoms with E-state index >= 15 is 0 Å². The summed E-state index contributed by atoms with van der Waals surface area (Å²) in [6.45, 7) is 0.196. The van der Waals surface area contributed by atoms with Crippen molar-refractivity contribution in [3.63, 3.8) is 0 Å². The zero-order valence-electron chi connectivity index (χ0n) is 18.2. The van der Waals surface area contributed by atoms with Crippen LogP contribution in [0.1, 0.15) is 72.5 Å². The zero-order valence-corrected chi connectivity index (χ0v) is 18.2. The minimum Gasteiger partial charge on any atom is -0.492 e. The molecule has 10 heteroatoms. The average Bonchev–Trinajstić information content (AvgIpc) is 3.24. The number of hydrogen-bond acceptors (Lipinski definition) is 4. The molecule has 1 aliphatic heterocycles. The molecule has 3 saturated carbocycles. The van der Waals surface area contributed by atoms with Gasteiger partial charge in [0.15, 0.2) is 11.3 Å². The second-order valence-corrected chi connectivity index (χ2v) is 9.64. The number of halogens is 3. The van der Waals surface area contributed by atoms with Crippen molar-refractivity contribution >= 4 is 17.5 Å². The summed E-state index contributed by atoms with van der Waals surface area (Å²) in [6, 6.07) is 1.03. The van der Waals surface area contributed by atoms with Crippen molar-refractivity contribution in [1.29, 1.82) is 0 Å². The van der Waals surface area contributed by atoms with Crippen LogP contribution < -0.4 is 5.32 Å². The van der Waals surface area contributed by atoms with E-state index in [1.54, 1.807) is 32.1 Å². The molecule has 2 N–H and O–H groups in total. The van der Waals surface area contributed by atoms with Gasteiger partial charge in [-0.15, -0.1) is 0 Å². The van der Waals surface area contributed by atoms with Crippen molar-refractivity contribution in [2.75, 3.05) is 19.6 Å². The lowest BCUT2D eigenvalue weighted by Crippen LogP contribution is -2.50. The Bertz CT molecular complexity index is 1070. The standard InChI is InChI=1S/C16H15F3N4O3.C7H12/c17-16(18,19)10-5-9(8-1-2-8)6-23-13(10)21-12(15(23)26)14(25)22-4-3-20-11(24)7-22;1-2-7-4-3-6(1)5-7/h5-6,8,26H,1-4,7H2,(H,20,24);6-7H,1-5H2. The summed E-state index contributed by atoms with van der Waals surface area (Å²) < 4.78 is 41.2. The monoisotopic (exact) mass is 464 g/mol. The number of nitrogens with one attached hydrogen (secondary N) is 1. The number of amides is 2. The SMILES string of the molecule is C1CC2CCC1C2.O=C1CN(C(=O)c2nc3c(C(F)(F)F)cc(C4CC4)cn3c2O)CCN1. The number of piperazine rings is 1. The fourth-order valence-corrected chi connectivity index (χ4v) is 5.28. The molecule has 7 nitrogen and oxygen atoms in total. The van der Waals surface area contributed by atoms with Gasteiger partial charge in [0.1, 0.15) is 0 Å². The maximum atomic E-state index is 13.4. The Balaban J connectivity index is 0.000000274. The second kappa shape index (κ2) is 8.22. The van der Waals surface area contributed by atoms with Crippen LogP contribution in [0, 0.1) is 11.8 Å². The van der Waals surface area contributed by atoms with Crippen LogP contribution in [0.4, 0.5) is 13.2 Å². The lowest BCUT2D eigenvalue weighted by molar-refractivity contribution is -0.136. The van der Waals surface area contributed by atoms with Gasteiger partial charge in [-0.25, -0.2) is 4.98 Å². The van der Waals surface area contributed by atoms with Crippen LogP contribution in [0.2, 0.25) is 0 Å². The molecule has 3 aliphatic carbocycles. The predicted octanol–water partition coefficient (Wildman–Crippen LogP) is 3.70. The average molecular weight is 464 g/mol. The van der Waals surface area contributed by atoms with E-state index in [1.807, 2.05) is 0 Å². The molecule has 2 aromatic heterocycles. The molecular formula is C23H27F3N4O3. The van der Waals surface area contributed by atoms with E-state index in [9.17, 15) is 27.9 Å². The molecule has 2 bridgehead atoms. The Labute approximate surface area is 189 Å². The Morgan fingerprint density at radius 2 is 1.79 bits per heavy atom. The summed E-state index contributed by atoms with van der Waals surface area (Å²) in [5, 5.41) is 12.9. The van der Waals surface area contributed by atoms with Crippen molar-refractivity contribution < 1.29 is 27.9 Å². The van der Waals surface area contributed by atoms with Crippen LogP contribution >= 0.6 is 0 Å². The minimum absolute atomic E-state index is 0.0206. The van der Waals surface area contributed by atoms with Crippen LogP contribution in [-0.2, 0) is 11.0 Å². The van der Waals surface area contributed by atoms with Gasteiger partial charge in [-0.3, -0.25) is 14.0 Å². The number of carbonyl (C=O) groups is 2. The first-order valence-electron chi connectivity index (χ1n) is 11.6. The first-order valence-corrected chi connectivity index (χ1v) is 11.6. The molecule has 3 heterocycles. The van der Waals surface area contributed by atoms with Gasteiger partial charge in [-0.1, -0.05) is 25.7 Å². The van der Waals surface area contributed by atoms with Crippen molar-refractivity contribution in [1.82, 2.24) is 19.6 Å². The smallest absolute Gasteiger partial charge is 0.419 e. The van der Waals surface area contributed by atoms with E-state index in [2.05, 4.69) is 10.3 Å². The van der Waals surface area contributed by atoms with Crippen LogP contribution in [0.15, 0.2) is 12.3 Å². The highest BCUT2D eigenvalue weighted by atomic mass is 19.4. The Morgan fingerprint density at radius 1 is 1.12 bits per heavy atom. The number of nitrogens with zero attached hydrogens (tertiary/aromatic N) is 3. The van der Waals surface area contributed by atoms with Gasteiger partial charge in [-0.05, 0) is 48.6 Å². The van der Waals surface area contributed by atoms with Crippen molar-refractivity contribution in [3.05, 3.63) is 29.1 Å². The number of pyridine rings is 1. The van der Waals surface area contributed by atoms with Crippen molar-refractivity contribution in [3.8, 4) is 5.88 Å². The molecule has 0 spiro atoms. The normalized spacial score (nSPS) is 24.6. The maximum absolute atomic E-state index is 13.4. The van der Waals surface area contributed by atoms with Crippen LogP contribution in [0.25, 0.3) is 5.65 Å². The number of imidazole rings is 1. The summed E-state index contributed by atoms with van der Waals surface area (Å²) in [7, 11) is 0. The summed E-state index contributed by atoms with van der Waals surface area (Å²) >= 11 is 0. The van der Waals surface area contributed by atoms with Gasteiger partial charge in [0.2, 0.25) is 11.8 Å². The second-order valence-electron chi connectivity index (χ2n) is 9.64. The molecular weight excluding hydrogens is 437 g/mol. The number of aromatic hydroxyl groups is 1. The van der Waals surface area contributed by atoms with Gasteiger partial charge in [0.25, 0.3) is 5.91 Å². The van der Waals surface area contributed by atoms with E-state index in [-0.39, 0.29) is 31.5 Å². The third-order valence-electron chi connectivity index (χ3n) is 7.23. The lowest BCUT2D eigenvalue weighted by Gasteiger charge is -2.25. The number of aromatic nitrogens is 2. The number of fused-ring (bicyclic) bond motifs is 3. The van der Waals surface area contributed by atoms with Crippen molar-refractivity contribution in [2.45, 2.75) is 57.0 Å². The molecule has 0 unspecified atom stereocenters. The van der Waals surface area contributed by atoms with E-state index in [0.29, 0.717) is 5.56 Å². The van der Waals surface area contributed by atoms with Gasteiger partial charge in [0.05, 0.1) is 12.1 Å². The number of rotatable bonds is 2. The van der Waals surface area contributed by atoms with Gasteiger partial charge >= 0.3 is 6.18 Å². The topological polar surface area (TPSA) is 86.9 Å². The van der Waals surface area contributed by atoms with E-state index in [1.165, 1.54) is 18.0 Å². The van der Waals surface area contributed by atoms with Crippen molar-refractivity contribution in [2.24, 2.45) is 11.8 Å². The van der Waals surface area contributed by atoms with Crippen LogP contribution in [0.5, 0.6) is 5.88 Å². The Kier molecular flexibility index (Phi) is 5.49. The first kappa shape index (κ1) is 22.0. The molecule has 0 aromatic carbocycles. The molecule has 6 rings (SSSR count). The number of carbonyl (C=O) groups excluding carboxylic acids is 2. The summed E-state index contributed by atoms with van der Waals surface area (Å²) in [4.78, 5) is 28.9. The third-order valence-corrected chi connectivity index (χ3v) is 7.23. The van der Waals surface area contributed by atoms with Gasteiger partial charge in [-0.2, -0.15) is 13.2 Å². The first-order chi connectivity index (χ1) is 15.7. The van der Waals surface area contributed by atoms with E-state index in [4.69, 9.17) is 0 Å². The molecule has 2 aromatic rings. The summed E-state index contributed by atoms with van der Waals surface area (Å²) in [6.07, 6.45) is 6.12. The summed E-state index contributed by atoms with van der Waals surface area (Å²) in [5.74, 6) is 0.563. The zero-order chi connectivity index (χ0) is 23.3. The van der Waals surface area contributed by atoms with Gasteiger partial charge in [0, 0.05) is 19.3 Å². The highest BCUT2D eigenvalue weighted by Crippen LogP contribution is 2.44. The van der Waals surface area contributed by atoms with Crippen LogP contribution in [0.3, 0.4) is 0 Å². The Hall–Kier alpha value is -2.78. The quantitative estimate of drug-likeness (QED) is 0.710. The molecule has 2 amide bonds. The molecule has 4 fully saturated rings. The fraction of sp³-hybridized carbons (Fsp3) is 0.609. The third kappa shape index (κ3) is 4.39. The number of alkyl halides is 3. The molecule has 178 valence electrons.